The molecular weight excluding hydrogens is 572 g/mol. The molecule has 2 rings (SSSR count). The second-order valence-electron chi connectivity index (χ2n) is 11.7. The molecule has 0 fully saturated rings. The summed E-state index contributed by atoms with van der Waals surface area (Å²) in [7, 11) is 0. The molecule has 13 nitrogen and oxygen atoms in total. The number of guanidine groups is 1. The lowest BCUT2D eigenvalue weighted by molar-refractivity contribution is -0.158. The average molecular weight is 615 g/mol. The zero-order valence-electron chi connectivity index (χ0n) is 25.9. The van der Waals surface area contributed by atoms with E-state index >= 15 is 0 Å². The molecule has 4 N–H and O–H groups in total. The summed E-state index contributed by atoms with van der Waals surface area (Å²) >= 11 is 0. The van der Waals surface area contributed by atoms with Crippen molar-refractivity contribution in [3.8, 4) is 0 Å². The van der Waals surface area contributed by atoms with Crippen molar-refractivity contribution < 1.29 is 43.2 Å². The van der Waals surface area contributed by atoms with Crippen molar-refractivity contribution in [1.82, 2.24) is 16.0 Å². The zero-order chi connectivity index (χ0) is 32.8. The monoisotopic (exact) mass is 614 g/mol. The molecule has 0 saturated heterocycles. The molecule has 0 bridgehead atoms. The van der Waals surface area contributed by atoms with Gasteiger partial charge in [0, 0.05) is 6.42 Å². The Balaban J connectivity index is 2.12. The number of nitrogens with one attached hydrogen (secondary N) is 3. The van der Waals surface area contributed by atoms with Crippen LogP contribution in [0.2, 0.25) is 0 Å². The van der Waals surface area contributed by atoms with E-state index in [0.29, 0.717) is 0 Å². The number of alkyl carbamates (subject to hydrolysis) is 3. The minimum absolute atomic E-state index is 0.0467. The molecule has 2 atom stereocenters. The van der Waals surface area contributed by atoms with Gasteiger partial charge in [-0.25, -0.2) is 24.2 Å². The Hall–Kier alpha value is -4.65. The fraction of sp³-hybridized carbons (Fsp3) is 0.452. The molecule has 240 valence electrons. The number of amides is 3. The molecule has 0 aliphatic heterocycles. The van der Waals surface area contributed by atoms with Gasteiger partial charge in [-0.3, -0.25) is 10.6 Å². The van der Waals surface area contributed by atoms with Crippen LogP contribution in [0.15, 0.2) is 65.7 Å². The Morgan fingerprint density at radius 2 is 1.18 bits per heavy atom. The molecule has 44 heavy (non-hydrogen) atoms. The number of esters is 1. The number of hydrogen-bond acceptors (Lipinski definition) is 10. The maximum atomic E-state index is 12.8. The molecule has 1 unspecified atom stereocenters. The Kier molecular flexibility index (Phi) is 13.6. The summed E-state index contributed by atoms with van der Waals surface area (Å²) in [5.41, 5.74) is -0.230. The van der Waals surface area contributed by atoms with Crippen molar-refractivity contribution in [3.05, 3.63) is 71.8 Å². The van der Waals surface area contributed by atoms with Crippen LogP contribution in [0.1, 0.15) is 59.1 Å². The van der Waals surface area contributed by atoms with Crippen molar-refractivity contribution in [2.75, 3.05) is 6.54 Å². The van der Waals surface area contributed by atoms with Gasteiger partial charge in [-0.2, -0.15) is 0 Å². The van der Waals surface area contributed by atoms with Crippen LogP contribution in [0.5, 0.6) is 0 Å². The highest BCUT2D eigenvalue weighted by Crippen LogP contribution is 2.13. The third kappa shape index (κ3) is 15.5. The normalized spacial score (nSPS) is 12.5. The van der Waals surface area contributed by atoms with Gasteiger partial charge in [0.2, 0.25) is 5.96 Å². The van der Waals surface area contributed by atoms with Crippen LogP contribution >= 0.6 is 0 Å². The van der Waals surface area contributed by atoms with E-state index in [1.807, 2.05) is 12.1 Å². The van der Waals surface area contributed by atoms with Gasteiger partial charge < -0.3 is 29.4 Å². The number of benzene rings is 2. The van der Waals surface area contributed by atoms with E-state index in [-0.39, 0.29) is 25.6 Å². The fourth-order valence-electron chi connectivity index (χ4n) is 3.40. The molecule has 0 spiro atoms. The molecule has 13 heteroatoms. The van der Waals surface area contributed by atoms with Crippen LogP contribution < -0.4 is 16.0 Å². The number of aliphatic hydroxyl groups excluding tert-OH is 1. The third-order valence-electron chi connectivity index (χ3n) is 5.22. The average Bonchev–Trinajstić information content (AvgIpc) is 2.92. The van der Waals surface area contributed by atoms with E-state index in [2.05, 4.69) is 20.9 Å². The van der Waals surface area contributed by atoms with Gasteiger partial charge in [0.05, 0.1) is 12.6 Å². The van der Waals surface area contributed by atoms with Gasteiger partial charge in [0.25, 0.3) is 0 Å². The first-order valence-corrected chi connectivity index (χ1v) is 14.0. The molecule has 2 aromatic rings. The van der Waals surface area contributed by atoms with Crippen molar-refractivity contribution in [2.24, 2.45) is 4.99 Å². The predicted octanol–water partition coefficient (Wildman–Crippen LogP) is 4.18. The van der Waals surface area contributed by atoms with Gasteiger partial charge >= 0.3 is 24.2 Å². The Morgan fingerprint density at radius 1 is 0.727 bits per heavy atom. The second-order valence-corrected chi connectivity index (χ2v) is 11.7. The first-order chi connectivity index (χ1) is 20.6. The zero-order valence-corrected chi connectivity index (χ0v) is 25.9. The van der Waals surface area contributed by atoms with Crippen molar-refractivity contribution in [2.45, 2.75) is 84.5 Å². The molecule has 0 aliphatic rings. The van der Waals surface area contributed by atoms with Gasteiger partial charge in [-0.15, -0.1) is 0 Å². The van der Waals surface area contributed by atoms with Crippen LogP contribution in [0, 0.1) is 0 Å². The largest absolute Gasteiger partial charge is 0.458 e. The smallest absolute Gasteiger partial charge is 0.414 e. The number of nitrogens with zero attached hydrogens (tertiary/aromatic N) is 1. The number of carbonyl (C=O) groups is 4. The van der Waals surface area contributed by atoms with Crippen molar-refractivity contribution >= 4 is 30.2 Å². The summed E-state index contributed by atoms with van der Waals surface area (Å²) in [6, 6.07) is 16.6. The number of hydrogen-bond donors (Lipinski definition) is 4. The summed E-state index contributed by atoms with van der Waals surface area (Å²) in [6.45, 7) is 9.47. The highest BCUT2D eigenvalue weighted by Gasteiger charge is 2.30. The second kappa shape index (κ2) is 16.8. The molecule has 0 heterocycles. The molecule has 0 aromatic heterocycles. The lowest BCUT2D eigenvalue weighted by Gasteiger charge is -2.27. The minimum atomic E-state index is -1.33. The molecule has 0 saturated carbocycles. The molecule has 0 aliphatic carbocycles. The Bertz CT molecular complexity index is 1200. The third-order valence-corrected chi connectivity index (χ3v) is 5.22. The van der Waals surface area contributed by atoms with Gasteiger partial charge in [-0.1, -0.05) is 60.7 Å². The fourth-order valence-corrected chi connectivity index (χ4v) is 3.40. The number of ether oxygens (including phenoxy) is 4. The summed E-state index contributed by atoms with van der Waals surface area (Å²) < 4.78 is 21.0. The van der Waals surface area contributed by atoms with Crippen molar-refractivity contribution in [3.63, 3.8) is 0 Å². The highest BCUT2D eigenvalue weighted by atomic mass is 16.6. The molecule has 0 radical (unpaired) electrons. The van der Waals surface area contributed by atoms with Crippen LogP contribution in [-0.4, -0.2) is 65.2 Å². The van der Waals surface area contributed by atoms with Crippen molar-refractivity contribution in [1.29, 1.82) is 0 Å². The Labute approximate surface area is 257 Å². The summed E-state index contributed by atoms with van der Waals surface area (Å²) in [5.74, 6) is -1.16. The van der Waals surface area contributed by atoms with Crippen LogP contribution in [0.4, 0.5) is 14.4 Å². The maximum absolute atomic E-state index is 12.8. The molecule has 2 aromatic carbocycles. The standard InChI is InChI=1S/C31H42N4O9/c1-30(2,3)43-25(37)24(33-29(40)44-31(4,5)6)17-23(36)18-32-26(34-27(38)41-19-21-13-9-7-10-14-21)35-28(39)42-20-22-15-11-8-12-16-22/h7-16,23-24,36H,17-20H2,1-6H3,(H,33,40)(H2,32,34,35,38,39)/t23?,24-/m0/s1. The Morgan fingerprint density at radius 3 is 1.61 bits per heavy atom. The quantitative estimate of drug-likeness (QED) is 0.132. The molecular formula is C31H42N4O9. The lowest BCUT2D eigenvalue weighted by Crippen LogP contribution is -2.48. The lowest BCUT2D eigenvalue weighted by atomic mass is 10.1. The van der Waals surface area contributed by atoms with Crippen LogP contribution in [-0.2, 0) is 37.0 Å². The first-order valence-electron chi connectivity index (χ1n) is 14.0. The number of aliphatic imine (C=N–C) groups is 1. The van der Waals surface area contributed by atoms with E-state index in [4.69, 9.17) is 18.9 Å². The number of rotatable bonds is 10. The van der Waals surface area contributed by atoms with Gasteiger partial charge in [0.15, 0.2) is 0 Å². The summed E-state index contributed by atoms with van der Waals surface area (Å²) in [6.07, 6.45) is -4.38. The minimum Gasteiger partial charge on any atom is -0.458 e. The summed E-state index contributed by atoms with van der Waals surface area (Å²) in [5, 5.41) is 17.8. The van der Waals surface area contributed by atoms with E-state index in [9.17, 15) is 24.3 Å². The van der Waals surface area contributed by atoms with E-state index in [0.717, 1.165) is 11.1 Å². The maximum Gasteiger partial charge on any atom is 0.414 e. The first kappa shape index (κ1) is 35.5. The van der Waals surface area contributed by atoms with Crippen LogP contribution in [0.25, 0.3) is 0 Å². The van der Waals surface area contributed by atoms with Crippen LogP contribution in [0.3, 0.4) is 0 Å². The summed E-state index contributed by atoms with van der Waals surface area (Å²) in [4.78, 5) is 54.2. The van der Waals surface area contributed by atoms with Gasteiger partial charge in [0.1, 0.15) is 30.5 Å². The van der Waals surface area contributed by atoms with E-state index in [1.54, 1.807) is 90.1 Å². The number of aliphatic hydroxyl groups is 1. The van der Waals surface area contributed by atoms with E-state index in [1.165, 1.54) is 0 Å². The highest BCUT2D eigenvalue weighted by molar-refractivity contribution is 6.01. The predicted molar refractivity (Wildman–Crippen MR) is 161 cm³/mol. The SMILES string of the molecule is CC(C)(C)OC(=O)N[C@@H](CC(O)CN=C(NC(=O)OCc1ccccc1)NC(=O)OCc1ccccc1)C(=O)OC(C)(C)C. The van der Waals surface area contributed by atoms with Gasteiger partial charge in [-0.05, 0) is 52.7 Å². The molecule has 3 amide bonds. The topological polar surface area (TPSA) is 174 Å². The number of carbonyl (C=O) groups excluding carboxylic acids is 4. The van der Waals surface area contributed by atoms with E-state index < -0.39 is 54.1 Å².